The van der Waals surface area contributed by atoms with Crippen molar-refractivity contribution in [2.24, 2.45) is 0 Å². The summed E-state index contributed by atoms with van der Waals surface area (Å²) in [5.41, 5.74) is 6.04. The number of aryl methyl sites for hydroxylation is 3. The van der Waals surface area contributed by atoms with Crippen LogP contribution in [0.4, 0.5) is 0 Å². The summed E-state index contributed by atoms with van der Waals surface area (Å²) in [6.07, 6.45) is 0.307. The molecule has 1 N–H and O–H groups in total. The van der Waals surface area contributed by atoms with E-state index in [0.29, 0.717) is 6.42 Å². The van der Waals surface area contributed by atoms with E-state index in [4.69, 9.17) is 0 Å². The Morgan fingerprint density at radius 1 is 1.06 bits per heavy atom. The van der Waals surface area contributed by atoms with Crippen LogP contribution in [-0.4, -0.2) is 5.11 Å². The number of benzene rings is 1. The van der Waals surface area contributed by atoms with Gasteiger partial charge in [-0.15, -0.1) is 0 Å². The smallest absolute Gasteiger partial charge is 0.0840 e. The van der Waals surface area contributed by atoms with Crippen LogP contribution in [0.25, 0.3) is 0 Å². The lowest BCUT2D eigenvalue weighted by molar-refractivity contribution is 0.178. The molecule has 17 heavy (non-hydrogen) atoms. The van der Waals surface area contributed by atoms with Gasteiger partial charge < -0.3 is 5.11 Å². The maximum Gasteiger partial charge on any atom is 0.0840 e. The van der Waals surface area contributed by atoms with E-state index in [2.05, 4.69) is 44.4 Å². The highest BCUT2D eigenvalue weighted by atomic mass is 32.1. The van der Waals surface area contributed by atoms with Gasteiger partial charge in [-0.05, 0) is 59.3 Å². The van der Waals surface area contributed by atoms with Crippen molar-refractivity contribution >= 4 is 11.3 Å². The monoisotopic (exact) mass is 246 g/mol. The largest absolute Gasteiger partial charge is 0.388 e. The minimum absolute atomic E-state index is 0.386. The average Bonchev–Trinajstić information content (AvgIpc) is 2.70. The number of aliphatic hydroxyl groups is 1. The van der Waals surface area contributed by atoms with Crippen molar-refractivity contribution in [3.8, 4) is 0 Å². The van der Waals surface area contributed by atoms with E-state index in [0.717, 1.165) is 5.56 Å². The third kappa shape index (κ3) is 2.76. The quantitative estimate of drug-likeness (QED) is 0.869. The number of aliphatic hydroxyl groups excluding tert-OH is 1. The molecule has 2 heteroatoms. The first-order valence-electron chi connectivity index (χ1n) is 5.85. The second-order valence-corrected chi connectivity index (χ2v) is 5.39. The van der Waals surface area contributed by atoms with Crippen LogP contribution in [0.3, 0.4) is 0 Å². The van der Waals surface area contributed by atoms with Crippen LogP contribution < -0.4 is 0 Å². The Kier molecular flexibility index (Phi) is 3.65. The lowest BCUT2D eigenvalue weighted by atomic mass is 9.98. The van der Waals surface area contributed by atoms with Crippen LogP contribution in [-0.2, 0) is 6.42 Å². The summed E-state index contributed by atoms with van der Waals surface area (Å²) in [4.78, 5) is 0. The molecule has 0 fully saturated rings. The van der Waals surface area contributed by atoms with Crippen molar-refractivity contribution < 1.29 is 5.11 Å². The minimum Gasteiger partial charge on any atom is -0.388 e. The van der Waals surface area contributed by atoms with E-state index in [9.17, 15) is 5.11 Å². The summed E-state index contributed by atoms with van der Waals surface area (Å²) in [6.45, 7) is 6.27. The van der Waals surface area contributed by atoms with Crippen molar-refractivity contribution in [3.05, 3.63) is 56.8 Å². The lowest BCUT2D eigenvalue weighted by Crippen LogP contribution is -2.02. The Hall–Kier alpha value is -1.12. The van der Waals surface area contributed by atoms with Gasteiger partial charge in [0.15, 0.2) is 0 Å². The van der Waals surface area contributed by atoms with Crippen molar-refractivity contribution in [1.82, 2.24) is 0 Å². The molecule has 1 nitrogen and oxygen atoms in total. The molecule has 0 radical (unpaired) electrons. The van der Waals surface area contributed by atoms with E-state index in [1.165, 1.54) is 22.3 Å². The van der Waals surface area contributed by atoms with Crippen LogP contribution in [0, 0.1) is 20.8 Å². The van der Waals surface area contributed by atoms with Gasteiger partial charge in [-0.3, -0.25) is 0 Å². The molecule has 0 aliphatic rings. The Labute approximate surface area is 107 Å². The Morgan fingerprint density at radius 2 is 1.82 bits per heavy atom. The van der Waals surface area contributed by atoms with Gasteiger partial charge in [0, 0.05) is 6.42 Å². The zero-order valence-corrected chi connectivity index (χ0v) is 11.3. The fraction of sp³-hybridized carbons (Fsp3) is 0.333. The standard InChI is InChI=1S/C15H18OS/c1-10-4-5-13(6-11(10)2)7-15(16)14-9-17-8-12(14)3/h4-6,8-9,15-16H,7H2,1-3H3. The van der Waals surface area contributed by atoms with Crippen LogP contribution in [0.15, 0.2) is 29.0 Å². The topological polar surface area (TPSA) is 20.2 Å². The summed E-state index contributed by atoms with van der Waals surface area (Å²) in [5.74, 6) is 0. The van der Waals surface area contributed by atoms with Crippen molar-refractivity contribution in [2.45, 2.75) is 33.3 Å². The summed E-state index contributed by atoms with van der Waals surface area (Å²) in [5, 5.41) is 14.3. The molecule has 1 aromatic carbocycles. The minimum atomic E-state index is -0.386. The molecular weight excluding hydrogens is 228 g/mol. The van der Waals surface area contributed by atoms with Gasteiger partial charge in [-0.25, -0.2) is 0 Å². The molecule has 0 aliphatic carbocycles. The molecule has 0 amide bonds. The molecule has 1 atom stereocenters. The second-order valence-electron chi connectivity index (χ2n) is 4.65. The van der Waals surface area contributed by atoms with Gasteiger partial charge in [0.2, 0.25) is 0 Å². The van der Waals surface area contributed by atoms with E-state index in [1.807, 2.05) is 5.38 Å². The maximum absolute atomic E-state index is 10.2. The van der Waals surface area contributed by atoms with Crippen molar-refractivity contribution in [1.29, 1.82) is 0 Å². The lowest BCUT2D eigenvalue weighted by Gasteiger charge is -2.12. The van der Waals surface area contributed by atoms with Gasteiger partial charge in [0.1, 0.15) is 0 Å². The molecule has 0 saturated heterocycles. The number of hydrogen-bond acceptors (Lipinski definition) is 2. The molecule has 0 bridgehead atoms. The second kappa shape index (κ2) is 5.03. The van der Waals surface area contributed by atoms with Gasteiger partial charge in [0.25, 0.3) is 0 Å². The average molecular weight is 246 g/mol. The fourth-order valence-electron chi connectivity index (χ4n) is 1.98. The molecule has 1 aromatic heterocycles. The normalized spacial score (nSPS) is 12.7. The number of rotatable bonds is 3. The zero-order valence-electron chi connectivity index (χ0n) is 10.5. The summed E-state index contributed by atoms with van der Waals surface area (Å²) < 4.78 is 0. The summed E-state index contributed by atoms with van der Waals surface area (Å²) >= 11 is 1.65. The van der Waals surface area contributed by atoms with Crippen LogP contribution >= 0.6 is 11.3 Å². The van der Waals surface area contributed by atoms with Crippen molar-refractivity contribution in [2.75, 3.05) is 0 Å². The SMILES string of the molecule is Cc1ccc(CC(O)c2cscc2C)cc1C. The Bertz CT molecular complexity index is 513. The van der Waals surface area contributed by atoms with Crippen LogP contribution in [0.5, 0.6) is 0 Å². The molecule has 1 unspecified atom stereocenters. The third-order valence-electron chi connectivity index (χ3n) is 3.25. The van der Waals surface area contributed by atoms with Gasteiger partial charge >= 0.3 is 0 Å². The van der Waals surface area contributed by atoms with Crippen LogP contribution in [0.2, 0.25) is 0 Å². The van der Waals surface area contributed by atoms with E-state index in [1.54, 1.807) is 11.3 Å². The molecule has 2 rings (SSSR count). The summed E-state index contributed by atoms with van der Waals surface area (Å²) in [6, 6.07) is 6.39. The molecule has 0 spiro atoms. The van der Waals surface area contributed by atoms with E-state index in [-0.39, 0.29) is 6.10 Å². The van der Waals surface area contributed by atoms with Gasteiger partial charge in [-0.2, -0.15) is 11.3 Å². The van der Waals surface area contributed by atoms with Crippen LogP contribution in [0.1, 0.15) is 33.9 Å². The first-order valence-corrected chi connectivity index (χ1v) is 6.79. The first kappa shape index (κ1) is 12.3. The van der Waals surface area contributed by atoms with Gasteiger partial charge in [0.05, 0.1) is 6.10 Å². The molecule has 90 valence electrons. The van der Waals surface area contributed by atoms with E-state index >= 15 is 0 Å². The predicted molar refractivity (Wildman–Crippen MR) is 73.6 cm³/mol. The van der Waals surface area contributed by atoms with Crippen molar-refractivity contribution in [3.63, 3.8) is 0 Å². The highest BCUT2D eigenvalue weighted by Gasteiger charge is 2.12. The molecular formula is C15H18OS. The summed E-state index contributed by atoms with van der Waals surface area (Å²) in [7, 11) is 0. The number of thiophene rings is 1. The highest BCUT2D eigenvalue weighted by Crippen LogP contribution is 2.25. The molecule has 0 saturated carbocycles. The number of hydrogen-bond donors (Lipinski definition) is 1. The van der Waals surface area contributed by atoms with Gasteiger partial charge in [-0.1, -0.05) is 18.2 Å². The zero-order chi connectivity index (χ0) is 12.4. The Balaban J connectivity index is 2.16. The first-order chi connectivity index (χ1) is 8.08. The molecule has 0 aliphatic heterocycles. The molecule has 2 aromatic rings. The fourth-order valence-corrected chi connectivity index (χ4v) is 2.87. The predicted octanol–water partition coefficient (Wildman–Crippen LogP) is 3.95. The molecule has 1 heterocycles. The maximum atomic E-state index is 10.2. The Morgan fingerprint density at radius 3 is 2.41 bits per heavy atom. The third-order valence-corrected chi connectivity index (χ3v) is 4.13. The van der Waals surface area contributed by atoms with E-state index < -0.39 is 0 Å². The highest BCUT2D eigenvalue weighted by molar-refractivity contribution is 7.08.